The fraction of sp³-hybridized carbons (Fsp3) is 0.267. The van der Waals surface area contributed by atoms with Gasteiger partial charge in [0, 0.05) is 19.2 Å². The van der Waals surface area contributed by atoms with Crippen LogP contribution in [0.3, 0.4) is 0 Å². The molecule has 1 fully saturated rings. The predicted molar refractivity (Wildman–Crippen MR) is 84.4 cm³/mol. The summed E-state index contributed by atoms with van der Waals surface area (Å²) in [5.41, 5.74) is 3.77. The van der Waals surface area contributed by atoms with Crippen molar-refractivity contribution in [1.82, 2.24) is 9.97 Å². The Morgan fingerprint density at radius 3 is 2.73 bits per heavy atom. The van der Waals surface area contributed by atoms with Gasteiger partial charge in [0.1, 0.15) is 17.9 Å². The van der Waals surface area contributed by atoms with Gasteiger partial charge >= 0.3 is 0 Å². The summed E-state index contributed by atoms with van der Waals surface area (Å²) in [5.74, 6) is 1.73. The molecule has 0 radical (unpaired) electrons. The second-order valence-electron chi connectivity index (χ2n) is 4.82. The van der Waals surface area contributed by atoms with Crippen molar-refractivity contribution < 1.29 is 9.84 Å². The standard InChI is InChI=1S/C15H17N5O2/c21-13-3-1-12(2-4-13)10-18-19-14-9-15(17-11-16-14)20-5-7-22-8-6-20/h1-4,9-11,21H,5-8H2,(H,16,17,19). The molecular weight excluding hydrogens is 282 g/mol. The van der Waals surface area contributed by atoms with Gasteiger partial charge < -0.3 is 14.7 Å². The van der Waals surface area contributed by atoms with E-state index in [1.807, 2.05) is 6.07 Å². The lowest BCUT2D eigenvalue weighted by atomic mass is 10.2. The van der Waals surface area contributed by atoms with Crippen LogP contribution in [0.15, 0.2) is 41.8 Å². The van der Waals surface area contributed by atoms with Crippen LogP contribution < -0.4 is 10.3 Å². The van der Waals surface area contributed by atoms with Crippen LogP contribution in [-0.4, -0.2) is 47.6 Å². The molecule has 3 rings (SSSR count). The number of nitrogens with zero attached hydrogens (tertiary/aromatic N) is 4. The summed E-state index contributed by atoms with van der Waals surface area (Å²) in [6, 6.07) is 8.64. The number of nitrogens with one attached hydrogen (secondary N) is 1. The third-order valence-electron chi connectivity index (χ3n) is 3.27. The Morgan fingerprint density at radius 1 is 1.18 bits per heavy atom. The molecule has 2 heterocycles. The minimum absolute atomic E-state index is 0.232. The summed E-state index contributed by atoms with van der Waals surface area (Å²) in [6.45, 7) is 3.08. The molecule has 0 unspecified atom stereocenters. The number of benzene rings is 1. The molecule has 0 aliphatic carbocycles. The van der Waals surface area contributed by atoms with Crippen molar-refractivity contribution in [3.05, 3.63) is 42.2 Å². The third-order valence-corrected chi connectivity index (χ3v) is 3.27. The van der Waals surface area contributed by atoms with E-state index in [1.54, 1.807) is 30.5 Å². The van der Waals surface area contributed by atoms with Gasteiger partial charge in [-0.3, -0.25) is 5.43 Å². The molecule has 0 amide bonds. The first-order valence-corrected chi connectivity index (χ1v) is 7.04. The van der Waals surface area contributed by atoms with Gasteiger partial charge in [-0.25, -0.2) is 9.97 Å². The molecule has 1 aliphatic heterocycles. The summed E-state index contributed by atoms with van der Waals surface area (Å²) in [5, 5.41) is 13.4. The third kappa shape index (κ3) is 3.70. The van der Waals surface area contributed by atoms with Gasteiger partial charge in [-0.05, 0) is 29.8 Å². The molecule has 1 aliphatic rings. The fourth-order valence-electron chi connectivity index (χ4n) is 2.11. The van der Waals surface area contributed by atoms with E-state index in [0.29, 0.717) is 19.0 Å². The Kier molecular flexibility index (Phi) is 4.45. The molecule has 7 heteroatoms. The summed E-state index contributed by atoms with van der Waals surface area (Å²) in [6.07, 6.45) is 3.18. The smallest absolute Gasteiger partial charge is 0.151 e. The molecule has 2 aromatic rings. The van der Waals surface area contributed by atoms with Crippen LogP contribution in [-0.2, 0) is 4.74 Å². The van der Waals surface area contributed by atoms with Crippen molar-refractivity contribution in [2.45, 2.75) is 0 Å². The lowest BCUT2D eigenvalue weighted by Gasteiger charge is -2.27. The summed E-state index contributed by atoms with van der Waals surface area (Å²) < 4.78 is 5.33. The maximum atomic E-state index is 9.22. The number of phenols is 1. The first kappa shape index (κ1) is 14.3. The van der Waals surface area contributed by atoms with Crippen LogP contribution in [0.25, 0.3) is 0 Å². The molecule has 1 aromatic heterocycles. The zero-order valence-corrected chi connectivity index (χ0v) is 12.0. The van der Waals surface area contributed by atoms with E-state index >= 15 is 0 Å². The summed E-state index contributed by atoms with van der Waals surface area (Å²) in [4.78, 5) is 10.6. The van der Waals surface area contributed by atoms with E-state index in [2.05, 4.69) is 25.4 Å². The largest absolute Gasteiger partial charge is 0.508 e. The highest BCUT2D eigenvalue weighted by Gasteiger charge is 2.12. The van der Waals surface area contributed by atoms with Crippen LogP contribution in [0, 0.1) is 0 Å². The maximum absolute atomic E-state index is 9.22. The van der Waals surface area contributed by atoms with E-state index in [-0.39, 0.29) is 5.75 Å². The van der Waals surface area contributed by atoms with Crippen molar-refractivity contribution in [3.63, 3.8) is 0 Å². The minimum Gasteiger partial charge on any atom is -0.508 e. The fourth-order valence-corrected chi connectivity index (χ4v) is 2.11. The van der Waals surface area contributed by atoms with Crippen molar-refractivity contribution in [3.8, 4) is 5.75 Å². The van der Waals surface area contributed by atoms with Gasteiger partial charge in [0.15, 0.2) is 5.82 Å². The van der Waals surface area contributed by atoms with Crippen LogP contribution in [0.4, 0.5) is 11.6 Å². The second kappa shape index (κ2) is 6.86. The van der Waals surface area contributed by atoms with Gasteiger partial charge in [-0.15, -0.1) is 0 Å². The highest BCUT2D eigenvalue weighted by atomic mass is 16.5. The molecule has 0 saturated carbocycles. The number of aromatic nitrogens is 2. The Hall–Kier alpha value is -2.67. The Labute approximate surface area is 128 Å². The summed E-state index contributed by atoms with van der Waals surface area (Å²) >= 11 is 0. The van der Waals surface area contributed by atoms with Crippen molar-refractivity contribution in [1.29, 1.82) is 0 Å². The molecule has 0 spiro atoms. The van der Waals surface area contributed by atoms with Crippen molar-refractivity contribution in [2.75, 3.05) is 36.6 Å². The molecule has 1 saturated heterocycles. The Bertz CT molecular complexity index is 639. The molecule has 0 bridgehead atoms. The number of ether oxygens (including phenoxy) is 1. The first-order valence-electron chi connectivity index (χ1n) is 7.04. The van der Waals surface area contributed by atoms with Gasteiger partial charge in [-0.1, -0.05) is 0 Å². The number of phenolic OH excluding ortho intramolecular Hbond substituents is 1. The highest BCUT2D eigenvalue weighted by molar-refractivity contribution is 5.80. The number of hydrazone groups is 1. The molecule has 7 nitrogen and oxygen atoms in total. The van der Waals surface area contributed by atoms with Gasteiger partial charge in [-0.2, -0.15) is 5.10 Å². The zero-order valence-electron chi connectivity index (χ0n) is 12.0. The van der Waals surface area contributed by atoms with Crippen LogP contribution in [0.5, 0.6) is 5.75 Å². The zero-order chi connectivity index (χ0) is 15.2. The topological polar surface area (TPSA) is 82.9 Å². The monoisotopic (exact) mass is 299 g/mol. The molecule has 22 heavy (non-hydrogen) atoms. The summed E-state index contributed by atoms with van der Waals surface area (Å²) in [7, 11) is 0. The first-order chi connectivity index (χ1) is 10.8. The lowest BCUT2D eigenvalue weighted by Crippen LogP contribution is -2.36. The van der Waals surface area contributed by atoms with E-state index < -0.39 is 0 Å². The van der Waals surface area contributed by atoms with Crippen LogP contribution in [0.1, 0.15) is 5.56 Å². The number of rotatable bonds is 4. The molecule has 114 valence electrons. The maximum Gasteiger partial charge on any atom is 0.151 e. The lowest BCUT2D eigenvalue weighted by molar-refractivity contribution is 0.122. The van der Waals surface area contributed by atoms with E-state index in [9.17, 15) is 5.11 Å². The average Bonchev–Trinajstić information content (AvgIpc) is 2.58. The van der Waals surface area contributed by atoms with Gasteiger partial charge in [0.25, 0.3) is 0 Å². The predicted octanol–water partition coefficient (Wildman–Crippen LogP) is 1.46. The number of anilines is 2. The number of aromatic hydroxyl groups is 1. The quantitative estimate of drug-likeness (QED) is 0.657. The van der Waals surface area contributed by atoms with Crippen LogP contribution >= 0.6 is 0 Å². The van der Waals surface area contributed by atoms with Crippen molar-refractivity contribution >= 4 is 17.9 Å². The second-order valence-corrected chi connectivity index (χ2v) is 4.82. The van der Waals surface area contributed by atoms with Crippen LogP contribution in [0.2, 0.25) is 0 Å². The minimum atomic E-state index is 0.232. The normalized spacial score (nSPS) is 15.2. The molecular formula is C15H17N5O2. The van der Waals surface area contributed by atoms with E-state index in [0.717, 1.165) is 24.5 Å². The highest BCUT2D eigenvalue weighted by Crippen LogP contribution is 2.15. The Morgan fingerprint density at radius 2 is 1.95 bits per heavy atom. The van der Waals surface area contributed by atoms with Gasteiger partial charge in [0.2, 0.25) is 0 Å². The average molecular weight is 299 g/mol. The van der Waals surface area contributed by atoms with Crippen molar-refractivity contribution in [2.24, 2.45) is 5.10 Å². The number of morpholine rings is 1. The Balaban J connectivity index is 1.63. The SMILES string of the molecule is Oc1ccc(C=NNc2cc(N3CCOCC3)ncn2)cc1. The van der Waals surface area contributed by atoms with Gasteiger partial charge in [0.05, 0.1) is 19.4 Å². The molecule has 0 atom stereocenters. The molecule has 1 aromatic carbocycles. The molecule has 2 N–H and O–H groups in total. The number of hydrogen-bond donors (Lipinski definition) is 2. The number of hydrogen-bond acceptors (Lipinski definition) is 7. The van der Waals surface area contributed by atoms with E-state index in [1.165, 1.54) is 6.33 Å². The van der Waals surface area contributed by atoms with E-state index in [4.69, 9.17) is 4.74 Å².